The molecule has 2 aromatic heterocycles. The van der Waals surface area contributed by atoms with Gasteiger partial charge in [-0.05, 0) is 28.6 Å². The lowest BCUT2D eigenvalue weighted by molar-refractivity contribution is 0.0628. The number of aromatic nitrogens is 5. The van der Waals surface area contributed by atoms with Crippen molar-refractivity contribution in [2.24, 2.45) is 0 Å². The number of hydrogen-bond donors (Lipinski definition) is 0. The first-order valence-corrected chi connectivity index (χ1v) is 11.0. The van der Waals surface area contributed by atoms with Gasteiger partial charge in [-0.3, -0.25) is 9.69 Å². The van der Waals surface area contributed by atoms with E-state index in [0.717, 1.165) is 41.6 Å². The summed E-state index contributed by atoms with van der Waals surface area (Å²) in [6, 6.07) is 17.6. The fraction of sp³-hybridized carbons (Fsp3) is 0.227. The molecule has 0 N–H and O–H groups in total. The molecule has 0 unspecified atom stereocenters. The lowest BCUT2D eigenvalue weighted by atomic mass is 10.1. The summed E-state index contributed by atoms with van der Waals surface area (Å²) in [4.78, 5) is 22.0. The summed E-state index contributed by atoms with van der Waals surface area (Å²) in [5.74, 6) is 0.0372. The van der Waals surface area contributed by atoms with Crippen molar-refractivity contribution in [2.45, 2.75) is 6.54 Å². The number of thiazole rings is 1. The number of piperazine rings is 1. The van der Waals surface area contributed by atoms with Gasteiger partial charge in [-0.15, -0.1) is 16.4 Å². The maximum atomic E-state index is 13.0. The van der Waals surface area contributed by atoms with Crippen LogP contribution < -0.4 is 0 Å². The zero-order valence-corrected chi connectivity index (χ0v) is 17.6. The Hall–Kier alpha value is -3.43. The zero-order valence-electron chi connectivity index (χ0n) is 16.8. The normalized spacial score (nSPS) is 14.6. The maximum absolute atomic E-state index is 13.0. The molecule has 31 heavy (non-hydrogen) atoms. The average molecular weight is 432 g/mol. The van der Waals surface area contributed by atoms with E-state index in [-0.39, 0.29) is 5.91 Å². The summed E-state index contributed by atoms with van der Waals surface area (Å²) in [5, 5.41) is 14.4. The molecule has 0 saturated carbocycles. The molecule has 1 aliphatic heterocycles. The van der Waals surface area contributed by atoms with E-state index in [1.54, 1.807) is 16.0 Å². The third kappa shape index (κ3) is 4.37. The highest BCUT2D eigenvalue weighted by atomic mass is 32.1. The molecule has 0 atom stereocenters. The van der Waals surface area contributed by atoms with Crippen LogP contribution in [0.15, 0.2) is 66.3 Å². The van der Waals surface area contributed by atoms with Gasteiger partial charge in [-0.1, -0.05) is 36.4 Å². The lowest BCUT2D eigenvalue weighted by Crippen LogP contribution is -2.48. The van der Waals surface area contributed by atoms with E-state index < -0.39 is 0 Å². The van der Waals surface area contributed by atoms with Crippen molar-refractivity contribution in [3.05, 3.63) is 76.9 Å². The van der Waals surface area contributed by atoms with Crippen LogP contribution in [0.3, 0.4) is 0 Å². The molecule has 5 rings (SSSR count). The second-order valence-electron chi connectivity index (χ2n) is 7.37. The third-order valence-corrected chi connectivity index (χ3v) is 6.18. The molecule has 2 aromatic carbocycles. The Bertz CT molecular complexity index is 1150. The highest BCUT2D eigenvalue weighted by molar-refractivity contribution is 7.09. The van der Waals surface area contributed by atoms with E-state index in [1.807, 2.05) is 47.4 Å². The highest BCUT2D eigenvalue weighted by Gasteiger charge is 2.23. The Kier molecular flexibility index (Phi) is 5.51. The number of benzene rings is 2. The molecule has 0 spiro atoms. The molecule has 9 heteroatoms. The second-order valence-corrected chi connectivity index (χ2v) is 8.31. The van der Waals surface area contributed by atoms with Crippen LogP contribution >= 0.6 is 11.3 Å². The fourth-order valence-corrected chi connectivity index (χ4v) is 4.51. The van der Waals surface area contributed by atoms with Gasteiger partial charge >= 0.3 is 0 Å². The minimum absolute atomic E-state index is 0.0372. The SMILES string of the molecule is O=C(c1cccc(-n2cnnn2)c1)N1CCN(Cc2nc(-c3ccccc3)cs2)CC1. The third-order valence-electron chi connectivity index (χ3n) is 5.35. The second kappa shape index (κ2) is 8.75. The van der Waals surface area contributed by atoms with Crippen LogP contribution in [0.25, 0.3) is 16.9 Å². The smallest absolute Gasteiger partial charge is 0.254 e. The first-order chi connectivity index (χ1) is 15.3. The van der Waals surface area contributed by atoms with Crippen LogP contribution in [0.2, 0.25) is 0 Å². The molecular formula is C22H21N7OS. The van der Waals surface area contributed by atoms with Crippen molar-refractivity contribution >= 4 is 17.2 Å². The van der Waals surface area contributed by atoms with Gasteiger partial charge in [0, 0.05) is 42.7 Å². The maximum Gasteiger partial charge on any atom is 0.254 e. The van der Waals surface area contributed by atoms with E-state index in [9.17, 15) is 4.79 Å². The standard InChI is InChI=1S/C22H21N7OS/c30-22(18-7-4-8-19(13-18)29-16-23-25-26-29)28-11-9-27(10-12-28)14-21-24-20(15-31-21)17-5-2-1-3-6-17/h1-8,13,15-16H,9-12,14H2. The number of tetrazole rings is 1. The summed E-state index contributed by atoms with van der Waals surface area (Å²) in [7, 11) is 0. The topological polar surface area (TPSA) is 80.0 Å². The lowest BCUT2D eigenvalue weighted by Gasteiger charge is -2.34. The van der Waals surface area contributed by atoms with Crippen molar-refractivity contribution < 1.29 is 4.79 Å². The molecule has 0 bridgehead atoms. The summed E-state index contributed by atoms with van der Waals surface area (Å²) in [6.07, 6.45) is 1.52. The molecule has 1 amide bonds. The predicted octanol–water partition coefficient (Wildman–Crippen LogP) is 2.74. The minimum atomic E-state index is 0.0372. The summed E-state index contributed by atoms with van der Waals surface area (Å²) >= 11 is 1.69. The van der Waals surface area contributed by atoms with Gasteiger partial charge in [0.1, 0.15) is 11.3 Å². The number of amides is 1. The molecule has 3 heterocycles. The quantitative estimate of drug-likeness (QED) is 0.483. The van der Waals surface area contributed by atoms with Gasteiger partial charge < -0.3 is 4.90 Å². The van der Waals surface area contributed by atoms with E-state index >= 15 is 0 Å². The Morgan fingerprint density at radius 1 is 1.00 bits per heavy atom. The number of carbonyl (C=O) groups excluding carboxylic acids is 1. The number of hydrogen-bond acceptors (Lipinski definition) is 7. The van der Waals surface area contributed by atoms with Gasteiger partial charge in [0.05, 0.1) is 17.9 Å². The van der Waals surface area contributed by atoms with Gasteiger partial charge in [-0.25, -0.2) is 9.67 Å². The molecule has 156 valence electrons. The Balaban J connectivity index is 1.19. The number of rotatable bonds is 5. The van der Waals surface area contributed by atoms with E-state index in [1.165, 1.54) is 6.33 Å². The van der Waals surface area contributed by atoms with Crippen LogP contribution in [0.1, 0.15) is 15.4 Å². The molecule has 4 aromatic rings. The average Bonchev–Trinajstić information content (AvgIpc) is 3.53. The molecule has 0 aliphatic carbocycles. The van der Waals surface area contributed by atoms with Crippen LogP contribution in [0.4, 0.5) is 0 Å². The van der Waals surface area contributed by atoms with Crippen molar-refractivity contribution in [1.82, 2.24) is 35.0 Å². The highest BCUT2D eigenvalue weighted by Crippen LogP contribution is 2.23. The van der Waals surface area contributed by atoms with Crippen molar-refractivity contribution in [3.8, 4) is 16.9 Å². The number of carbonyl (C=O) groups is 1. The summed E-state index contributed by atoms with van der Waals surface area (Å²) < 4.78 is 1.55. The van der Waals surface area contributed by atoms with Gasteiger partial charge in [0.25, 0.3) is 5.91 Å². The van der Waals surface area contributed by atoms with Gasteiger partial charge in [0.15, 0.2) is 0 Å². The zero-order chi connectivity index (χ0) is 21.0. The van der Waals surface area contributed by atoms with E-state index in [4.69, 9.17) is 4.98 Å². The Morgan fingerprint density at radius 3 is 2.61 bits per heavy atom. The molecule has 1 aliphatic rings. The monoisotopic (exact) mass is 431 g/mol. The molecule has 8 nitrogen and oxygen atoms in total. The van der Waals surface area contributed by atoms with Crippen molar-refractivity contribution in [2.75, 3.05) is 26.2 Å². The largest absolute Gasteiger partial charge is 0.336 e. The van der Waals surface area contributed by atoms with Crippen LogP contribution in [0, 0.1) is 0 Å². The molecule has 1 fully saturated rings. The van der Waals surface area contributed by atoms with Crippen molar-refractivity contribution in [3.63, 3.8) is 0 Å². The Morgan fingerprint density at radius 2 is 1.84 bits per heavy atom. The van der Waals surface area contributed by atoms with Crippen LogP contribution in [-0.2, 0) is 6.54 Å². The molecular weight excluding hydrogens is 410 g/mol. The van der Waals surface area contributed by atoms with E-state index in [2.05, 4.69) is 37.9 Å². The minimum Gasteiger partial charge on any atom is -0.336 e. The summed E-state index contributed by atoms with van der Waals surface area (Å²) in [6.45, 7) is 3.88. The fourth-order valence-electron chi connectivity index (χ4n) is 3.67. The van der Waals surface area contributed by atoms with Crippen LogP contribution in [0.5, 0.6) is 0 Å². The first-order valence-electron chi connectivity index (χ1n) is 10.1. The summed E-state index contributed by atoms with van der Waals surface area (Å²) in [5.41, 5.74) is 3.59. The van der Waals surface area contributed by atoms with Crippen molar-refractivity contribution in [1.29, 1.82) is 0 Å². The molecule has 0 radical (unpaired) electrons. The van der Waals surface area contributed by atoms with Gasteiger partial charge in [0.2, 0.25) is 0 Å². The number of nitrogens with zero attached hydrogens (tertiary/aromatic N) is 7. The Labute approximate surface area is 183 Å². The van der Waals surface area contributed by atoms with E-state index in [0.29, 0.717) is 18.7 Å². The first kappa shape index (κ1) is 19.5. The van der Waals surface area contributed by atoms with Gasteiger partial charge in [-0.2, -0.15) is 0 Å². The molecule has 1 saturated heterocycles. The predicted molar refractivity (Wildman–Crippen MR) is 118 cm³/mol. The van der Waals surface area contributed by atoms with Crippen LogP contribution in [-0.4, -0.2) is 67.1 Å².